The van der Waals surface area contributed by atoms with E-state index in [4.69, 9.17) is 16.3 Å². The van der Waals surface area contributed by atoms with Crippen molar-refractivity contribution in [2.45, 2.75) is 13.3 Å². The predicted octanol–water partition coefficient (Wildman–Crippen LogP) is 4.97. The summed E-state index contributed by atoms with van der Waals surface area (Å²) in [4.78, 5) is 6.72. The Bertz CT molecular complexity index is 655. The van der Waals surface area contributed by atoms with Crippen molar-refractivity contribution < 1.29 is 4.74 Å². The number of aromatic nitrogens is 1. The Hall–Kier alpha value is -1.55. The summed E-state index contributed by atoms with van der Waals surface area (Å²) in [5, 5.41) is 0.737. The molecule has 1 heterocycles. The van der Waals surface area contributed by atoms with Gasteiger partial charge in [-0.05, 0) is 63.3 Å². The van der Waals surface area contributed by atoms with Crippen LogP contribution in [0.1, 0.15) is 23.4 Å². The summed E-state index contributed by atoms with van der Waals surface area (Å²) in [6.07, 6.45) is 4.99. The third-order valence-electron chi connectivity index (χ3n) is 3.34. The Kier molecular flexibility index (Phi) is 8.83. The van der Waals surface area contributed by atoms with Crippen molar-refractivity contribution in [3.05, 3.63) is 58.4 Å². The highest BCUT2D eigenvalue weighted by molar-refractivity contribution is 6.30. The first kappa shape index (κ1) is 20.5. The number of hydrogen-bond donors (Lipinski definition) is 0. The standard InChI is InChI=1S/C19H23ClN2O.ClH/c1-15-5-12-19(23-14-4-13-22(2)3)18(21-15)11-8-16-6-9-17(20)10-7-16;/h5-12H,4,13-14H2,1-3H3;1H/b11-8+;. The van der Waals surface area contributed by atoms with Gasteiger partial charge in [-0.2, -0.15) is 0 Å². The quantitative estimate of drug-likeness (QED) is 0.647. The zero-order chi connectivity index (χ0) is 16.7. The molecule has 0 aliphatic carbocycles. The summed E-state index contributed by atoms with van der Waals surface area (Å²) in [6, 6.07) is 11.7. The molecule has 0 saturated heterocycles. The molecule has 0 unspecified atom stereocenters. The molecule has 0 bridgehead atoms. The molecule has 2 rings (SSSR count). The van der Waals surface area contributed by atoms with E-state index in [0.717, 1.165) is 40.7 Å². The van der Waals surface area contributed by atoms with Crippen LogP contribution in [0.15, 0.2) is 36.4 Å². The fourth-order valence-electron chi connectivity index (χ4n) is 2.12. The highest BCUT2D eigenvalue weighted by Gasteiger charge is 2.03. The fraction of sp³-hybridized carbons (Fsp3) is 0.316. The number of pyridine rings is 1. The van der Waals surface area contributed by atoms with Crippen molar-refractivity contribution in [2.24, 2.45) is 0 Å². The van der Waals surface area contributed by atoms with Gasteiger partial charge in [0.2, 0.25) is 0 Å². The van der Waals surface area contributed by atoms with Crippen LogP contribution in [0.3, 0.4) is 0 Å². The third kappa shape index (κ3) is 6.91. The molecule has 0 aliphatic rings. The van der Waals surface area contributed by atoms with Crippen molar-refractivity contribution in [3.63, 3.8) is 0 Å². The number of halogens is 2. The Morgan fingerprint density at radius 3 is 2.46 bits per heavy atom. The van der Waals surface area contributed by atoms with Crippen molar-refractivity contribution >= 4 is 36.2 Å². The van der Waals surface area contributed by atoms with E-state index in [1.807, 2.05) is 55.5 Å². The van der Waals surface area contributed by atoms with E-state index in [1.165, 1.54) is 0 Å². The molecule has 0 atom stereocenters. The zero-order valence-corrected chi connectivity index (χ0v) is 15.9. The van der Waals surface area contributed by atoms with Crippen molar-refractivity contribution in [3.8, 4) is 5.75 Å². The van der Waals surface area contributed by atoms with Crippen LogP contribution in [-0.4, -0.2) is 37.1 Å². The van der Waals surface area contributed by atoms with Gasteiger partial charge >= 0.3 is 0 Å². The first-order valence-corrected chi connectivity index (χ1v) is 8.11. The molecule has 1 aromatic heterocycles. The smallest absolute Gasteiger partial charge is 0.144 e. The van der Waals surface area contributed by atoms with Gasteiger partial charge in [-0.1, -0.05) is 29.8 Å². The zero-order valence-electron chi connectivity index (χ0n) is 14.3. The van der Waals surface area contributed by atoms with Crippen molar-refractivity contribution in [2.75, 3.05) is 27.2 Å². The molecule has 0 amide bonds. The molecule has 0 radical (unpaired) electrons. The molecule has 24 heavy (non-hydrogen) atoms. The minimum absolute atomic E-state index is 0. The van der Waals surface area contributed by atoms with Gasteiger partial charge in [-0.3, -0.25) is 0 Å². The number of aryl methyl sites for hydroxylation is 1. The summed E-state index contributed by atoms with van der Waals surface area (Å²) in [6.45, 7) is 3.68. The maximum Gasteiger partial charge on any atom is 0.144 e. The van der Waals surface area contributed by atoms with E-state index in [1.54, 1.807) is 0 Å². The molecule has 3 nitrogen and oxygen atoms in total. The second-order valence-corrected chi connectivity index (χ2v) is 6.16. The second kappa shape index (κ2) is 10.3. The molecule has 0 spiro atoms. The SMILES string of the molecule is Cc1ccc(OCCCN(C)C)c(/C=C/c2ccc(Cl)cc2)n1.Cl. The summed E-state index contributed by atoms with van der Waals surface area (Å²) in [5.74, 6) is 0.819. The van der Waals surface area contributed by atoms with Gasteiger partial charge in [0.15, 0.2) is 0 Å². The van der Waals surface area contributed by atoms with Crippen LogP contribution in [0.4, 0.5) is 0 Å². The first-order valence-electron chi connectivity index (χ1n) is 7.73. The van der Waals surface area contributed by atoms with Crippen molar-refractivity contribution in [1.29, 1.82) is 0 Å². The fourth-order valence-corrected chi connectivity index (χ4v) is 2.24. The Balaban J connectivity index is 0.00000288. The lowest BCUT2D eigenvalue weighted by atomic mass is 10.2. The van der Waals surface area contributed by atoms with E-state index in [0.29, 0.717) is 6.61 Å². The number of hydrogen-bond acceptors (Lipinski definition) is 3. The molecule has 0 saturated carbocycles. The van der Waals surface area contributed by atoms with E-state index in [9.17, 15) is 0 Å². The van der Waals surface area contributed by atoms with E-state index >= 15 is 0 Å². The minimum atomic E-state index is 0. The van der Waals surface area contributed by atoms with Crippen molar-refractivity contribution in [1.82, 2.24) is 9.88 Å². The molecular formula is C19H24Cl2N2O. The van der Waals surface area contributed by atoms with Crippen LogP contribution < -0.4 is 4.74 Å². The third-order valence-corrected chi connectivity index (χ3v) is 3.59. The Morgan fingerprint density at radius 2 is 1.79 bits per heavy atom. The molecule has 0 N–H and O–H groups in total. The van der Waals surface area contributed by atoms with Crippen LogP contribution >= 0.6 is 24.0 Å². The average Bonchev–Trinajstić information content (AvgIpc) is 2.52. The average molecular weight is 367 g/mol. The molecular weight excluding hydrogens is 343 g/mol. The minimum Gasteiger partial charge on any atom is -0.491 e. The van der Waals surface area contributed by atoms with Crippen LogP contribution in [0.5, 0.6) is 5.75 Å². The van der Waals surface area contributed by atoms with Crippen LogP contribution in [0.25, 0.3) is 12.2 Å². The van der Waals surface area contributed by atoms with E-state index in [2.05, 4.69) is 24.0 Å². The second-order valence-electron chi connectivity index (χ2n) is 5.73. The highest BCUT2D eigenvalue weighted by atomic mass is 35.5. The van der Waals surface area contributed by atoms with Gasteiger partial charge in [-0.25, -0.2) is 4.98 Å². The Morgan fingerprint density at radius 1 is 1.08 bits per heavy atom. The molecule has 5 heteroatoms. The maximum atomic E-state index is 5.91. The normalized spacial score (nSPS) is 10.9. The molecule has 130 valence electrons. The van der Waals surface area contributed by atoms with Crippen LogP contribution in [-0.2, 0) is 0 Å². The van der Waals surface area contributed by atoms with Gasteiger partial charge in [0.1, 0.15) is 11.4 Å². The topological polar surface area (TPSA) is 25.4 Å². The van der Waals surface area contributed by atoms with E-state index in [-0.39, 0.29) is 12.4 Å². The predicted molar refractivity (Wildman–Crippen MR) is 105 cm³/mol. The number of ether oxygens (including phenoxy) is 1. The molecule has 0 fully saturated rings. The summed E-state index contributed by atoms with van der Waals surface area (Å²) < 4.78 is 5.89. The monoisotopic (exact) mass is 366 g/mol. The number of rotatable bonds is 7. The summed E-state index contributed by atoms with van der Waals surface area (Å²) >= 11 is 5.91. The lowest BCUT2D eigenvalue weighted by Gasteiger charge is -2.12. The van der Waals surface area contributed by atoms with Gasteiger partial charge < -0.3 is 9.64 Å². The Labute approximate surface area is 155 Å². The van der Waals surface area contributed by atoms with Gasteiger partial charge in [-0.15, -0.1) is 12.4 Å². The number of nitrogens with zero attached hydrogens (tertiary/aromatic N) is 2. The molecule has 2 aromatic rings. The summed E-state index contributed by atoms with van der Waals surface area (Å²) in [7, 11) is 4.13. The number of benzene rings is 1. The van der Waals surface area contributed by atoms with Gasteiger partial charge in [0.25, 0.3) is 0 Å². The largest absolute Gasteiger partial charge is 0.491 e. The first-order chi connectivity index (χ1) is 11.0. The highest BCUT2D eigenvalue weighted by Crippen LogP contribution is 2.20. The van der Waals surface area contributed by atoms with Crippen LogP contribution in [0, 0.1) is 6.92 Å². The van der Waals surface area contributed by atoms with Gasteiger partial charge in [0, 0.05) is 17.3 Å². The lowest BCUT2D eigenvalue weighted by molar-refractivity contribution is 0.280. The van der Waals surface area contributed by atoms with E-state index < -0.39 is 0 Å². The maximum absolute atomic E-state index is 5.91. The van der Waals surface area contributed by atoms with Gasteiger partial charge in [0.05, 0.1) is 6.61 Å². The summed E-state index contributed by atoms with van der Waals surface area (Å²) in [5.41, 5.74) is 2.91. The molecule has 0 aliphatic heterocycles. The van der Waals surface area contributed by atoms with Crippen LogP contribution in [0.2, 0.25) is 5.02 Å². The molecule has 1 aromatic carbocycles. The lowest BCUT2D eigenvalue weighted by Crippen LogP contribution is -2.15.